The van der Waals surface area contributed by atoms with Gasteiger partial charge in [-0.2, -0.15) is 0 Å². The van der Waals surface area contributed by atoms with Gasteiger partial charge in [0.15, 0.2) is 0 Å². The molecule has 3 aromatic carbocycles. The highest BCUT2D eigenvalue weighted by molar-refractivity contribution is 7.89. The van der Waals surface area contributed by atoms with Crippen LogP contribution in [-0.4, -0.2) is 15.0 Å². The zero-order chi connectivity index (χ0) is 19.5. The highest BCUT2D eigenvalue weighted by atomic mass is 32.2. The topological polar surface area (TPSA) is 46.2 Å². The fourth-order valence-corrected chi connectivity index (χ4v) is 4.30. The zero-order valence-electron chi connectivity index (χ0n) is 16.2. The molecule has 0 fully saturated rings. The quantitative estimate of drug-likeness (QED) is 0.620. The Morgan fingerprint density at radius 3 is 2.26 bits per heavy atom. The van der Waals surface area contributed by atoms with Crippen LogP contribution in [0.1, 0.15) is 31.4 Å². The van der Waals surface area contributed by atoms with Crippen LogP contribution < -0.4 is 4.72 Å². The number of fused-ring (bicyclic) bond motifs is 1. The number of hydrogen-bond acceptors (Lipinski definition) is 2. The molecule has 3 aromatic rings. The minimum Gasteiger partial charge on any atom is -0.211 e. The summed E-state index contributed by atoms with van der Waals surface area (Å²) in [6.45, 7) is 6.56. The van der Waals surface area contributed by atoms with E-state index in [9.17, 15) is 8.42 Å². The molecule has 0 bridgehead atoms. The molecular weight excluding hydrogens is 354 g/mol. The fourth-order valence-electron chi connectivity index (χ4n) is 3.06. The Labute approximate surface area is 162 Å². The largest absolute Gasteiger partial charge is 0.240 e. The van der Waals surface area contributed by atoms with E-state index in [1.54, 1.807) is 12.1 Å². The minimum absolute atomic E-state index is 0.136. The molecule has 1 N–H and O–H groups in total. The van der Waals surface area contributed by atoms with Gasteiger partial charge in [-0.05, 0) is 53.6 Å². The molecule has 0 aliphatic carbocycles. The van der Waals surface area contributed by atoms with E-state index in [1.165, 1.54) is 16.3 Å². The lowest BCUT2D eigenvalue weighted by molar-refractivity contribution is 0.334. The molecule has 0 amide bonds. The van der Waals surface area contributed by atoms with Crippen LogP contribution in [-0.2, 0) is 16.4 Å². The van der Waals surface area contributed by atoms with Crippen molar-refractivity contribution in [3.05, 3.63) is 77.9 Å². The molecule has 0 aromatic heterocycles. The molecule has 0 radical (unpaired) electrons. The molecule has 0 aliphatic heterocycles. The van der Waals surface area contributed by atoms with Gasteiger partial charge in [-0.25, -0.2) is 13.1 Å². The third-order valence-corrected chi connectivity index (χ3v) is 6.39. The number of rotatable bonds is 7. The predicted molar refractivity (Wildman–Crippen MR) is 112 cm³/mol. The molecule has 0 saturated carbocycles. The summed E-state index contributed by atoms with van der Waals surface area (Å²) in [6, 6.07) is 21.8. The van der Waals surface area contributed by atoms with Crippen molar-refractivity contribution < 1.29 is 8.42 Å². The zero-order valence-corrected chi connectivity index (χ0v) is 17.0. The first-order chi connectivity index (χ1) is 12.8. The summed E-state index contributed by atoms with van der Waals surface area (Å²) in [6.07, 6.45) is 1.83. The number of sulfonamides is 1. The maximum atomic E-state index is 12.5. The maximum absolute atomic E-state index is 12.5. The third kappa shape index (κ3) is 5.18. The van der Waals surface area contributed by atoms with Crippen molar-refractivity contribution in [2.45, 2.75) is 38.5 Å². The Hall–Kier alpha value is -2.17. The number of aryl methyl sites for hydroxylation is 2. The Kier molecular flexibility index (Phi) is 5.68. The normalized spacial score (nSPS) is 12.4. The van der Waals surface area contributed by atoms with Crippen molar-refractivity contribution in [2.75, 3.05) is 6.54 Å². The second-order valence-electron chi connectivity index (χ2n) is 7.98. The number of hydrogen-bond donors (Lipinski definition) is 1. The first-order valence-corrected chi connectivity index (χ1v) is 10.8. The smallest absolute Gasteiger partial charge is 0.211 e. The van der Waals surface area contributed by atoms with Crippen LogP contribution in [0, 0.1) is 12.3 Å². The van der Waals surface area contributed by atoms with Crippen molar-refractivity contribution in [1.29, 1.82) is 0 Å². The van der Waals surface area contributed by atoms with E-state index < -0.39 is 10.0 Å². The first-order valence-electron chi connectivity index (χ1n) is 9.29. The number of nitrogens with one attached hydrogen (secondary N) is 1. The second-order valence-corrected chi connectivity index (χ2v) is 9.75. The van der Waals surface area contributed by atoms with Gasteiger partial charge in [-0.1, -0.05) is 74.0 Å². The van der Waals surface area contributed by atoms with Gasteiger partial charge in [-0.15, -0.1) is 0 Å². The van der Waals surface area contributed by atoms with Crippen molar-refractivity contribution in [2.24, 2.45) is 5.41 Å². The highest BCUT2D eigenvalue weighted by Crippen LogP contribution is 2.24. The standard InChI is InChI=1S/C23H27NO2S/c1-18-8-12-22(13-9-18)27(25,26)24-17-23(2,3)15-14-19-10-11-20-6-4-5-7-21(20)16-19/h4-13,16,24H,14-15,17H2,1-3H3. The summed E-state index contributed by atoms with van der Waals surface area (Å²) in [5, 5.41) is 2.49. The Balaban J connectivity index is 1.61. The van der Waals surface area contributed by atoms with E-state index in [-0.39, 0.29) is 5.41 Å². The second kappa shape index (κ2) is 7.83. The molecule has 142 valence electrons. The van der Waals surface area contributed by atoms with Gasteiger partial charge in [-0.3, -0.25) is 0 Å². The monoisotopic (exact) mass is 381 g/mol. The average Bonchev–Trinajstić information content (AvgIpc) is 2.65. The van der Waals surface area contributed by atoms with Gasteiger partial charge in [0.25, 0.3) is 0 Å². The van der Waals surface area contributed by atoms with Gasteiger partial charge in [0.1, 0.15) is 0 Å². The van der Waals surface area contributed by atoms with Crippen LogP contribution in [0.15, 0.2) is 71.6 Å². The van der Waals surface area contributed by atoms with Crippen LogP contribution in [0.3, 0.4) is 0 Å². The molecule has 0 spiro atoms. The highest BCUT2D eigenvalue weighted by Gasteiger charge is 2.22. The molecule has 3 rings (SSSR count). The van der Waals surface area contributed by atoms with E-state index in [0.717, 1.165) is 18.4 Å². The Bertz CT molecular complexity index is 1020. The fraction of sp³-hybridized carbons (Fsp3) is 0.304. The average molecular weight is 382 g/mol. The van der Waals surface area contributed by atoms with Crippen LogP contribution in [0.5, 0.6) is 0 Å². The van der Waals surface area contributed by atoms with Gasteiger partial charge in [0, 0.05) is 6.54 Å². The molecule has 0 atom stereocenters. The summed E-state index contributed by atoms with van der Waals surface area (Å²) in [5.41, 5.74) is 2.19. The van der Waals surface area contributed by atoms with Gasteiger partial charge in [0.2, 0.25) is 10.0 Å². The van der Waals surface area contributed by atoms with Gasteiger partial charge < -0.3 is 0 Å². The van der Waals surface area contributed by atoms with E-state index in [2.05, 4.69) is 55.0 Å². The summed E-state index contributed by atoms with van der Waals surface area (Å²) in [7, 11) is -3.47. The lowest BCUT2D eigenvalue weighted by Gasteiger charge is -2.25. The van der Waals surface area contributed by atoms with Gasteiger partial charge >= 0.3 is 0 Å². The van der Waals surface area contributed by atoms with Crippen LogP contribution in [0.2, 0.25) is 0 Å². The van der Waals surface area contributed by atoms with Crippen molar-refractivity contribution >= 4 is 20.8 Å². The molecule has 0 saturated heterocycles. The molecule has 3 nitrogen and oxygen atoms in total. The molecule has 27 heavy (non-hydrogen) atoms. The van der Waals surface area contributed by atoms with E-state index in [0.29, 0.717) is 11.4 Å². The van der Waals surface area contributed by atoms with E-state index in [1.807, 2.05) is 25.1 Å². The van der Waals surface area contributed by atoms with Crippen LogP contribution >= 0.6 is 0 Å². The third-order valence-electron chi connectivity index (χ3n) is 4.98. The predicted octanol–water partition coefficient (Wildman–Crippen LogP) is 5.09. The molecule has 0 heterocycles. The summed E-state index contributed by atoms with van der Waals surface area (Å²) in [4.78, 5) is 0.318. The van der Waals surface area contributed by atoms with Crippen LogP contribution in [0.4, 0.5) is 0 Å². The summed E-state index contributed by atoms with van der Waals surface area (Å²) < 4.78 is 27.8. The first kappa shape index (κ1) is 19.6. The minimum atomic E-state index is -3.47. The van der Waals surface area contributed by atoms with E-state index >= 15 is 0 Å². The van der Waals surface area contributed by atoms with Crippen molar-refractivity contribution in [1.82, 2.24) is 4.72 Å². The summed E-state index contributed by atoms with van der Waals surface area (Å²) in [5.74, 6) is 0. The van der Waals surface area contributed by atoms with E-state index in [4.69, 9.17) is 0 Å². The molecular formula is C23H27NO2S. The number of benzene rings is 3. The lowest BCUT2D eigenvalue weighted by Crippen LogP contribution is -2.34. The Morgan fingerprint density at radius 1 is 0.889 bits per heavy atom. The van der Waals surface area contributed by atoms with Crippen molar-refractivity contribution in [3.8, 4) is 0 Å². The molecule has 0 unspecified atom stereocenters. The molecule has 0 aliphatic rings. The maximum Gasteiger partial charge on any atom is 0.240 e. The summed E-state index contributed by atoms with van der Waals surface area (Å²) >= 11 is 0. The van der Waals surface area contributed by atoms with Crippen molar-refractivity contribution in [3.63, 3.8) is 0 Å². The lowest BCUT2D eigenvalue weighted by atomic mass is 9.86. The van der Waals surface area contributed by atoms with Gasteiger partial charge in [0.05, 0.1) is 4.90 Å². The SMILES string of the molecule is Cc1ccc(S(=O)(=O)NCC(C)(C)CCc2ccc3ccccc3c2)cc1. The Morgan fingerprint density at radius 2 is 1.56 bits per heavy atom. The van der Waals surface area contributed by atoms with Crippen LogP contribution in [0.25, 0.3) is 10.8 Å². The molecule has 4 heteroatoms.